The lowest BCUT2D eigenvalue weighted by molar-refractivity contribution is -0.115. The lowest BCUT2D eigenvalue weighted by Crippen LogP contribution is -2.30. The van der Waals surface area contributed by atoms with Gasteiger partial charge in [-0.05, 0) is 67.6 Å². The number of benzene rings is 4. The second-order valence-electron chi connectivity index (χ2n) is 9.53. The van der Waals surface area contributed by atoms with Crippen molar-refractivity contribution >= 4 is 81.0 Å². The number of amides is 3. The molecule has 43 heavy (non-hydrogen) atoms. The van der Waals surface area contributed by atoms with Gasteiger partial charge in [-0.15, -0.1) is 11.8 Å². The molecule has 1 unspecified atom stereocenters. The predicted octanol–water partition coefficient (Wildman–Crippen LogP) is 8.00. The normalized spacial score (nSPS) is 12.0. The molecule has 10 heteroatoms. The summed E-state index contributed by atoms with van der Waals surface area (Å²) < 4.78 is 0. The fraction of sp³-hybridized carbons (Fsp3) is 0.0606. The maximum atomic E-state index is 13.5. The monoisotopic (exact) mass is 628 g/mol. The number of carbonyl (C=O) groups is 3. The van der Waals surface area contributed by atoms with Crippen molar-refractivity contribution < 1.29 is 14.4 Å². The van der Waals surface area contributed by atoms with Crippen LogP contribution in [-0.2, 0) is 9.59 Å². The lowest BCUT2D eigenvalue weighted by Gasteiger charge is -2.14. The minimum Gasteiger partial charge on any atom is -0.361 e. The largest absolute Gasteiger partial charge is 0.361 e. The molecule has 0 aliphatic carbocycles. The van der Waals surface area contributed by atoms with Crippen LogP contribution in [0, 0.1) is 0 Å². The molecule has 1 aromatic heterocycles. The van der Waals surface area contributed by atoms with Crippen LogP contribution in [0.1, 0.15) is 22.8 Å². The summed E-state index contributed by atoms with van der Waals surface area (Å²) in [5, 5.41) is 9.69. The molecule has 0 aliphatic heterocycles. The van der Waals surface area contributed by atoms with E-state index < -0.39 is 17.1 Å². The summed E-state index contributed by atoms with van der Waals surface area (Å²) in [7, 11) is 0. The van der Waals surface area contributed by atoms with Crippen LogP contribution in [0.2, 0.25) is 10.0 Å². The summed E-state index contributed by atoms with van der Waals surface area (Å²) in [6.45, 7) is 1.78. The van der Waals surface area contributed by atoms with Crippen molar-refractivity contribution in [3.63, 3.8) is 0 Å². The number of aromatic nitrogens is 1. The summed E-state index contributed by atoms with van der Waals surface area (Å²) in [6, 6.07) is 28.4. The minimum absolute atomic E-state index is 0.0750. The molecule has 0 spiro atoms. The first-order chi connectivity index (χ1) is 20.8. The molecule has 0 radical (unpaired) electrons. The van der Waals surface area contributed by atoms with Crippen LogP contribution in [0.5, 0.6) is 0 Å². The van der Waals surface area contributed by atoms with E-state index in [-0.39, 0.29) is 11.6 Å². The van der Waals surface area contributed by atoms with Crippen LogP contribution >= 0.6 is 35.0 Å². The van der Waals surface area contributed by atoms with Gasteiger partial charge in [0.15, 0.2) is 0 Å². The third kappa shape index (κ3) is 7.67. The second-order valence-corrected chi connectivity index (χ2v) is 11.8. The molecule has 1 heterocycles. The van der Waals surface area contributed by atoms with E-state index in [1.807, 2.05) is 36.4 Å². The number of carbonyl (C=O) groups excluding carboxylic acids is 3. The molecule has 0 aliphatic rings. The number of thioether (sulfide) groups is 1. The number of para-hydroxylation sites is 1. The van der Waals surface area contributed by atoms with Gasteiger partial charge in [0.2, 0.25) is 5.91 Å². The molecular formula is C33H26Cl2N4O3S. The first kappa shape index (κ1) is 30.0. The standard InChI is InChI=1S/C33H26Cl2N4O3S/c1-20(31(40)37-24-14-15-27(34)28(35)18-24)43-25-11-7-10-23(17-25)38-33(42)30(39-32(41)21-8-3-2-4-9-21)16-22-19-36-29-13-6-5-12-26(22)29/h2-20,36H,1H3,(H,37,40)(H,38,42)(H,39,41)/b30-16-. The average Bonchev–Trinajstić information content (AvgIpc) is 3.42. The molecule has 1 atom stereocenters. The quantitative estimate of drug-likeness (QED) is 0.0980. The van der Waals surface area contributed by atoms with E-state index in [2.05, 4.69) is 20.9 Å². The molecule has 0 fully saturated rings. The number of fused-ring (bicyclic) bond motifs is 1. The molecule has 4 N–H and O–H groups in total. The minimum atomic E-state index is -0.498. The summed E-state index contributed by atoms with van der Waals surface area (Å²) in [6.07, 6.45) is 3.43. The van der Waals surface area contributed by atoms with Gasteiger partial charge >= 0.3 is 0 Å². The zero-order valence-corrected chi connectivity index (χ0v) is 25.2. The average molecular weight is 630 g/mol. The number of anilines is 2. The maximum Gasteiger partial charge on any atom is 0.272 e. The Balaban J connectivity index is 1.32. The highest BCUT2D eigenvalue weighted by molar-refractivity contribution is 8.00. The Hall–Kier alpha value is -4.50. The van der Waals surface area contributed by atoms with Gasteiger partial charge in [0.1, 0.15) is 5.70 Å². The topological polar surface area (TPSA) is 103 Å². The number of H-pyrrole nitrogens is 1. The van der Waals surface area contributed by atoms with Gasteiger partial charge < -0.3 is 20.9 Å². The fourth-order valence-corrected chi connectivity index (χ4v) is 5.46. The Morgan fingerprint density at radius 3 is 2.35 bits per heavy atom. The van der Waals surface area contributed by atoms with Gasteiger partial charge in [-0.1, -0.05) is 65.7 Å². The maximum absolute atomic E-state index is 13.5. The molecule has 0 saturated heterocycles. The Bertz CT molecular complexity index is 1840. The first-order valence-electron chi connectivity index (χ1n) is 13.2. The number of hydrogen-bond acceptors (Lipinski definition) is 4. The Morgan fingerprint density at radius 1 is 0.814 bits per heavy atom. The van der Waals surface area contributed by atoms with E-state index in [1.54, 1.807) is 79.9 Å². The number of halogens is 2. The van der Waals surface area contributed by atoms with Gasteiger partial charge in [0.05, 0.1) is 15.3 Å². The highest BCUT2D eigenvalue weighted by Crippen LogP contribution is 2.29. The van der Waals surface area contributed by atoms with E-state index in [1.165, 1.54) is 11.8 Å². The van der Waals surface area contributed by atoms with Gasteiger partial charge in [-0.25, -0.2) is 0 Å². The van der Waals surface area contributed by atoms with Crippen molar-refractivity contribution in [2.75, 3.05) is 10.6 Å². The van der Waals surface area contributed by atoms with E-state index in [0.717, 1.165) is 21.4 Å². The van der Waals surface area contributed by atoms with Gasteiger partial charge in [0.25, 0.3) is 11.8 Å². The molecule has 0 saturated carbocycles. The third-order valence-electron chi connectivity index (χ3n) is 6.41. The summed E-state index contributed by atoms with van der Waals surface area (Å²) in [4.78, 5) is 43.3. The molecule has 3 amide bonds. The highest BCUT2D eigenvalue weighted by Gasteiger charge is 2.18. The zero-order chi connectivity index (χ0) is 30.3. The lowest BCUT2D eigenvalue weighted by atomic mass is 10.1. The van der Waals surface area contributed by atoms with Crippen LogP contribution in [0.3, 0.4) is 0 Å². The molecule has 0 bridgehead atoms. The SMILES string of the molecule is CC(Sc1cccc(NC(=O)/C(=C/c2c[nH]c3ccccc23)NC(=O)c2ccccc2)c1)C(=O)Nc1ccc(Cl)c(Cl)c1. The van der Waals surface area contributed by atoms with Crippen molar-refractivity contribution in [2.45, 2.75) is 17.1 Å². The van der Waals surface area contributed by atoms with Crippen LogP contribution in [0.15, 0.2) is 114 Å². The van der Waals surface area contributed by atoms with Crippen LogP contribution in [-0.4, -0.2) is 28.0 Å². The first-order valence-corrected chi connectivity index (χ1v) is 14.9. The molecule has 5 aromatic rings. The smallest absolute Gasteiger partial charge is 0.272 e. The predicted molar refractivity (Wildman–Crippen MR) is 176 cm³/mol. The molecule has 4 aromatic carbocycles. The number of aromatic amines is 1. The van der Waals surface area contributed by atoms with E-state index in [4.69, 9.17) is 23.2 Å². The molecule has 216 valence electrons. The Labute approximate surface area is 262 Å². The molecule has 5 rings (SSSR count). The third-order valence-corrected chi connectivity index (χ3v) is 8.24. The Kier molecular flexibility index (Phi) is 9.51. The second kappa shape index (κ2) is 13.6. The van der Waals surface area contributed by atoms with Gasteiger partial charge in [-0.3, -0.25) is 14.4 Å². The summed E-state index contributed by atoms with van der Waals surface area (Å²) in [5.74, 6) is -1.12. The molecule has 7 nitrogen and oxygen atoms in total. The zero-order valence-electron chi connectivity index (χ0n) is 22.9. The van der Waals surface area contributed by atoms with Gasteiger partial charge in [0, 0.05) is 44.5 Å². The van der Waals surface area contributed by atoms with Crippen molar-refractivity contribution in [3.8, 4) is 0 Å². The van der Waals surface area contributed by atoms with Gasteiger partial charge in [-0.2, -0.15) is 0 Å². The molecular weight excluding hydrogens is 603 g/mol. The summed E-state index contributed by atoms with van der Waals surface area (Å²) >= 11 is 13.4. The van der Waals surface area contributed by atoms with Crippen molar-refractivity contribution in [3.05, 3.63) is 130 Å². The van der Waals surface area contributed by atoms with Crippen molar-refractivity contribution in [1.82, 2.24) is 10.3 Å². The summed E-state index contributed by atoms with van der Waals surface area (Å²) in [5.41, 5.74) is 3.20. The van der Waals surface area contributed by atoms with Crippen molar-refractivity contribution in [1.29, 1.82) is 0 Å². The highest BCUT2D eigenvalue weighted by atomic mass is 35.5. The fourth-order valence-electron chi connectivity index (χ4n) is 4.23. The number of hydrogen-bond donors (Lipinski definition) is 4. The van der Waals surface area contributed by atoms with Crippen LogP contribution < -0.4 is 16.0 Å². The number of rotatable bonds is 9. The van der Waals surface area contributed by atoms with E-state index in [0.29, 0.717) is 27.0 Å². The van der Waals surface area contributed by atoms with Crippen molar-refractivity contribution in [2.24, 2.45) is 0 Å². The van der Waals surface area contributed by atoms with E-state index >= 15 is 0 Å². The Morgan fingerprint density at radius 2 is 1.56 bits per heavy atom. The van der Waals surface area contributed by atoms with Crippen LogP contribution in [0.4, 0.5) is 11.4 Å². The number of nitrogens with one attached hydrogen (secondary N) is 4. The van der Waals surface area contributed by atoms with Crippen LogP contribution in [0.25, 0.3) is 17.0 Å². The van der Waals surface area contributed by atoms with E-state index in [9.17, 15) is 14.4 Å².